The molecule has 0 fully saturated rings. The van der Waals surface area contributed by atoms with Crippen molar-refractivity contribution in [3.05, 3.63) is 65.0 Å². The maximum atomic E-state index is 13.8. The SMILES string of the molecule is Cn1ccnc1Sc1ccc(F)cc1NC(=O)Cc1csc(-c2cccs2)n1. The second-order valence-corrected chi connectivity index (χ2v) is 8.72. The summed E-state index contributed by atoms with van der Waals surface area (Å²) >= 11 is 4.49. The maximum absolute atomic E-state index is 13.8. The van der Waals surface area contributed by atoms with E-state index in [0.29, 0.717) is 11.4 Å². The Labute approximate surface area is 173 Å². The van der Waals surface area contributed by atoms with Crippen molar-refractivity contribution in [2.45, 2.75) is 16.5 Å². The van der Waals surface area contributed by atoms with Crippen LogP contribution in [-0.2, 0) is 18.3 Å². The van der Waals surface area contributed by atoms with Crippen LogP contribution in [0.15, 0.2) is 63.5 Å². The summed E-state index contributed by atoms with van der Waals surface area (Å²) in [6.45, 7) is 0. The summed E-state index contributed by atoms with van der Waals surface area (Å²) in [5.74, 6) is -0.650. The van der Waals surface area contributed by atoms with Crippen LogP contribution in [0, 0.1) is 5.82 Å². The predicted octanol–water partition coefficient (Wildman–Crippen LogP) is 5.08. The minimum absolute atomic E-state index is 0.130. The normalized spacial score (nSPS) is 10.9. The van der Waals surface area contributed by atoms with Crippen molar-refractivity contribution in [1.29, 1.82) is 0 Å². The van der Waals surface area contributed by atoms with Gasteiger partial charge in [-0.3, -0.25) is 4.79 Å². The number of anilines is 1. The van der Waals surface area contributed by atoms with Crippen molar-refractivity contribution in [3.8, 4) is 9.88 Å². The van der Waals surface area contributed by atoms with Gasteiger partial charge in [0.05, 0.1) is 22.7 Å². The van der Waals surface area contributed by atoms with E-state index in [1.54, 1.807) is 23.6 Å². The molecule has 0 aliphatic rings. The summed E-state index contributed by atoms with van der Waals surface area (Å²) in [6.07, 6.45) is 3.65. The van der Waals surface area contributed by atoms with Crippen LogP contribution in [0.5, 0.6) is 0 Å². The van der Waals surface area contributed by atoms with Crippen LogP contribution in [0.4, 0.5) is 10.1 Å². The molecule has 4 aromatic rings. The van der Waals surface area contributed by atoms with Gasteiger partial charge in [-0.05, 0) is 41.4 Å². The van der Waals surface area contributed by atoms with Gasteiger partial charge >= 0.3 is 0 Å². The van der Waals surface area contributed by atoms with E-state index in [0.717, 1.165) is 19.9 Å². The van der Waals surface area contributed by atoms with E-state index in [4.69, 9.17) is 0 Å². The lowest BCUT2D eigenvalue weighted by Crippen LogP contribution is -2.15. The molecule has 0 atom stereocenters. The van der Waals surface area contributed by atoms with Crippen LogP contribution in [-0.4, -0.2) is 20.4 Å². The fraction of sp³-hybridized carbons (Fsp3) is 0.105. The molecule has 1 N–H and O–H groups in total. The Morgan fingerprint density at radius 1 is 1.32 bits per heavy atom. The molecule has 4 rings (SSSR count). The summed E-state index contributed by atoms with van der Waals surface area (Å²) in [4.78, 5) is 23.1. The number of aromatic nitrogens is 3. The lowest BCUT2D eigenvalue weighted by molar-refractivity contribution is -0.115. The largest absolute Gasteiger partial charge is 0.329 e. The molecule has 0 saturated carbocycles. The first-order valence-corrected chi connectivity index (χ1v) is 10.9. The highest BCUT2D eigenvalue weighted by molar-refractivity contribution is 7.99. The molecule has 0 bridgehead atoms. The molecular formula is C19H15FN4OS3. The van der Waals surface area contributed by atoms with Gasteiger partial charge in [0.25, 0.3) is 0 Å². The second-order valence-electron chi connectivity index (χ2n) is 5.91. The fourth-order valence-electron chi connectivity index (χ4n) is 2.50. The van der Waals surface area contributed by atoms with E-state index in [-0.39, 0.29) is 12.3 Å². The first-order chi connectivity index (χ1) is 13.6. The number of hydrogen-bond donors (Lipinski definition) is 1. The molecule has 3 heterocycles. The van der Waals surface area contributed by atoms with Crippen molar-refractivity contribution in [3.63, 3.8) is 0 Å². The Balaban J connectivity index is 1.48. The van der Waals surface area contributed by atoms with E-state index < -0.39 is 5.82 Å². The van der Waals surface area contributed by atoms with E-state index in [1.807, 2.05) is 40.7 Å². The number of carbonyl (C=O) groups excluding carboxylic acids is 1. The molecule has 5 nitrogen and oxygen atoms in total. The minimum Gasteiger partial charge on any atom is -0.329 e. The summed E-state index contributed by atoms with van der Waals surface area (Å²) in [5.41, 5.74) is 1.12. The zero-order valence-corrected chi connectivity index (χ0v) is 17.2. The van der Waals surface area contributed by atoms with Crippen LogP contribution in [0.1, 0.15) is 5.69 Å². The summed E-state index contributed by atoms with van der Waals surface area (Å²) < 4.78 is 15.6. The summed E-state index contributed by atoms with van der Waals surface area (Å²) in [7, 11) is 1.88. The van der Waals surface area contributed by atoms with Gasteiger partial charge < -0.3 is 9.88 Å². The topological polar surface area (TPSA) is 59.8 Å². The number of thiophene rings is 1. The lowest BCUT2D eigenvalue weighted by Gasteiger charge is -2.10. The smallest absolute Gasteiger partial charge is 0.230 e. The molecule has 1 amide bonds. The van der Waals surface area contributed by atoms with Gasteiger partial charge in [0.2, 0.25) is 5.91 Å². The fourth-order valence-corrected chi connectivity index (χ4v) is 5.00. The third kappa shape index (κ3) is 4.32. The molecule has 0 aliphatic carbocycles. The van der Waals surface area contributed by atoms with Crippen molar-refractivity contribution in [2.24, 2.45) is 7.05 Å². The summed E-state index contributed by atoms with van der Waals surface area (Å²) in [6, 6.07) is 8.30. The second kappa shape index (κ2) is 8.26. The first kappa shape index (κ1) is 18.9. The number of carbonyl (C=O) groups is 1. The number of benzene rings is 1. The van der Waals surface area contributed by atoms with Crippen molar-refractivity contribution >= 4 is 46.0 Å². The van der Waals surface area contributed by atoms with Gasteiger partial charge in [0, 0.05) is 29.7 Å². The molecule has 1 aromatic carbocycles. The quantitative estimate of drug-likeness (QED) is 0.464. The van der Waals surface area contributed by atoms with Crippen LogP contribution >= 0.6 is 34.4 Å². The summed E-state index contributed by atoms with van der Waals surface area (Å²) in [5, 5.41) is 8.33. The molecule has 3 aromatic heterocycles. The van der Waals surface area contributed by atoms with E-state index >= 15 is 0 Å². The number of imidazole rings is 1. The Bertz CT molecular complexity index is 1100. The minimum atomic E-state index is -0.409. The van der Waals surface area contributed by atoms with Crippen LogP contribution in [0.25, 0.3) is 9.88 Å². The van der Waals surface area contributed by atoms with Gasteiger partial charge in [-0.2, -0.15) is 0 Å². The number of halogens is 1. The third-order valence-electron chi connectivity index (χ3n) is 3.82. The van der Waals surface area contributed by atoms with E-state index in [9.17, 15) is 9.18 Å². The zero-order valence-electron chi connectivity index (χ0n) is 14.8. The Hall–Kier alpha value is -2.49. The molecule has 0 unspecified atom stereocenters. The van der Waals surface area contributed by atoms with Crippen LogP contribution in [0.2, 0.25) is 0 Å². The molecule has 0 saturated heterocycles. The molecule has 9 heteroatoms. The number of nitrogens with zero attached hydrogens (tertiary/aromatic N) is 3. The number of hydrogen-bond acceptors (Lipinski definition) is 6. The van der Waals surface area contributed by atoms with Gasteiger partial charge in [0.1, 0.15) is 10.8 Å². The average Bonchev–Trinajstić information content (AvgIpc) is 3.40. The highest BCUT2D eigenvalue weighted by Crippen LogP contribution is 2.33. The van der Waals surface area contributed by atoms with Crippen LogP contribution in [0.3, 0.4) is 0 Å². The number of aryl methyl sites for hydroxylation is 1. The standard InChI is InChI=1S/C19H15FN4OS3/c1-24-7-6-21-19(24)28-15-5-4-12(20)9-14(15)23-17(25)10-13-11-27-18(22-13)16-3-2-8-26-16/h2-9,11H,10H2,1H3,(H,23,25). The van der Waals surface area contributed by atoms with Gasteiger partial charge in [-0.25, -0.2) is 14.4 Å². The van der Waals surface area contributed by atoms with Crippen molar-refractivity contribution in [1.82, 2.24) is 14.5 Å². The first-order valence-electron chi connectivity index (χ1n) is 8.31. The van der Waals surface area contributed by atoms with Gasteiger partial charge in [-0.15, -0.1) is 22.7 Å². The Kier molecular flexibility index (Phi) is 5.56. The number of thiazole rings is 1. The van der Waals surface area contributed by atoms with Gasteiger partial charge in [0.15, 0.2) is 5.16 Å². The predicted molar refractivity (Wildman–Crippen MR) is 111 cm³/mol. The highest BCUT2D eigenvalue weighted by atomic mass is 32.2. The van der Waals surface area contributed by atoms with Crippen LogP contribution < -0.4 is 5.32 Å². The molecular weight excluding hydrogens is 415 g/mol. The Morgan fingerprint density at radius 2 is 2.21 bits per heavy atom. The molecule has 0 radical (unpaired) electrons. The molecule has 0 aliphatic heterocycles. The molecule has 0 spiro atoms. The van der Waals surface area contributed by atoms with E-state index in [1.165, 1.54) is 35.2 Å². The van der Waals surface area contributed by atoms with Crippen molar-refractivity contribution < 1.29 is 9.18 Å². The molecule has 28 heavy (non-hydrogen) atoms. The number of nitrogens with one attached hydrogen (secondary N) is 1. The van der Waals surface area contributed by atoms with E-state index in [2.05, 4.69) is 15.3 Å². The third-order valence-corrected chi connectivity index (χ3v) is 6.90. The maximum Gasteiger partial charge on any atom is 0.230 e. The Morgan fingerprint density at radius 3 is 2.96 bits per heavy atom. The molecule has 142 valence electrons. The zero-order chi connectivity index (χ0) is 19.5. The average molecular weight is 431 g/mol. The monoisotopic (exact) mass is 430 g/mol. The number of amides is 1. The van der Waals surface area contributed by atoms with Crippen molar-refractivity contribution in [2.75, 3.05) is 5.32 Å². The number of rotatable bonds is 6. The highest BCUT2D eigenvalue weighted by Gasteiger charge is 2.14. The lowest BCUT2D eigenvalue weighted by atomic mass is 10.2. The van der Waals surface area contributed by atoms with Gasteiger partial charge in [-0.1, -0.05) is 6.07 Å².